The first kappa shape index (κ1) is 16.1. The number of hydrogen-bond acceptors (Lipinski definition) is 4. The highest BCUT2D eigenvalue weighted by Gasteiger charge is 2.36. The lowest BCUT2D eigenvalue weighted by molar-refractivity contribution is 0.0770. The van der Waals surface area contributed by atoms with E-state index in [0.717, 1.165) is 5.56 Å². The van der Waals surface area contributed by atoms with Crippen molar-refractivity contribution in [2.45, 2.75) is 13.0 Å². The van der Waals surface area contributed by atoms with Gasteiger partial charge in [-0.2, -0.15) is 0 Å². The van der Waals surface area contributed by atoms with Crippen LogP contribution in [0.15, 0.2) is 54.6 Å². The fourth-order valence-corrected chi connectivity index (χ4v) is 2.87. The predicted molar refractivity (Wildman–Crippen MR) is 89.1 cm³/mol. The van der Waals surface area contributed by atoms with Crippen molar-refractivity contribution in [3.8, 4) is 5.75 Å². The van der Waals surface area contributed by atoms with Crippen molar-refractivity contribution in [2.24, 2.45) is 5.92 Å². The van der Waals surface area contributed by atoms with Crippen molar-refractivity contribution in [1.82, 2.24) is 5.32 Å². The Balaban J connectivity index is 1.91. The van der Waals surface area contributed by atoms with Gasteiger partial charge in [-0.3, -0.25) is 4.79 Å². The zero-order chi connectivity index (χ0) is 16.9. The topological polar surface area (TPSA) is 64.6 Å². The first-order valence-corrected chi connectivity index (χ1v) is 7.95. The molecule has 2 aromatic carbocycles. The number of Topliss-reactive ketones (excluding diaryl/α,β-unsaturated/α-hetero) is 1. The largest absolute Gasteiger partial charge is 0.492 e. The van der Waals surface area contributed by atoms with Crippen LogP contribution in [-0.4, -0.2) is 25.1 Å². The predicted octanol–water partition coefficient (Wildman–Crippen LogP) is 3.37. The van der Waals surface area contributed by atoms with Crippen LogP contribution in [0.5, 0.6) is 5.75 Å². The smallest absolute Gasteiger partial charge is 0.407 e. The molecule has 2 unspecified atom stereocenters. The summed E-state index contributed by atoms with van der Waals surface area (Å²) < 4.78 is 10.7. The molecule has 0 aromatic heterocycles. The lowest BCUT2D eigenvalue weighted by atomic mass is 9.85. The number of alkyl carbamates (subject to hydrolysis) is 1. The van der Waals surface area contributed by atoms with E-state index >= 15 is 0 Å². The van der Waals surface area contributed by atoms with E-state index in [1.54, 1.807) is 25.1 Å². The van der Waals surface area contributed by atoms with Gasteiger partial charge in [0, 0.05) is 0 Å². The molecule has 3 rings (SSSR count). The summed E-state index contributed by atoms with van der Waals surface area (Å²) in [6.07, 6.45) is -0.544. The minimum atomic E-state index is -0.544. The zero-order valence-electron chi connectivity index (χ0n) is 13.4. The molecule has 1 N–H and O–H groups in total. The van der Waals surface area contributed by atoms with Crippen molar-refractivity contribution in [1.29, 1.82) is 0 Å². The average Bonchev–Trinajstić information content (AvgIpc) is 2.62. The van der Waals surface area contributed by atoms with E-state index in [2.05, 4.69) is 5.32 Å². The Morgan fingerprint density at radius 1 is 1.21 bits per heavy atom. The third-order valence-corrected chi connectivity index (χ3v) is 4.02. The Kier molecular flexibility index (Phi) is 4.79. The Bertz CT molecular complexity index is 729. The van der Waals surface area contributed by atoms with Gasteiger partial charge in [-0.15, -0.1) is 0 Å². The molecule has 2 atom stereocenters. The fraction of sp³-hybridized carbons (Fsp3) is 0.263. The molecular weight excluding hydrogens is 306 g/mol. The van der Waals surface area contributed by atoms with Crippen LogP contribution in [0.3, 0.4) is 0 Å². The second-order valence-electron chi connectivity index (χ2n) is 5.53. The quantitative estimate of drug-likeness (QED) is 0.936. The molecule has 5 heteroatoms. The monoisotopic (exact) mass is 325 g/mol. The van der Waals surface area contributed by atoms with E-state index in [1.165, 1.54) is 0 Å². The SMILES string of the molecule is CCOC(=O)NC(c1ccccc1)C1COc2ccccc2C1=O. The highest BCUT2D eigenvalue weighted by atomic mass is 16.5. The zero-order valence-corrected chi connectivity index (χ0v) is 13.4. The second-order valence-corrected chi connectivity index (χ2v) is 5.53. The van der Waals surface area contributed by atoms with E-state index < -0.39 is 18.1 Å². The molecule has 0 bridgehead atoms. The van der Waals surface area contributed by atoms with E-state index in [0.29, 0.717) is 11.3 Å². The van der Waals surface area contributed by atoms with Gasteiger partial charge in [0.05, 0.1) is 24.1 Å². The van der Waals surface area contributed by atoms with Gasteiger partial charge in [-0.1, -0.05) is 42.5 Å². The van der Waals surface area contributed by atoms with Crippen LogP contribution in [-0.2, 0) is 4.74 Å². The van der Waals surface area contributed by atoms with E-state index in [9.17, 15) is 9.59 Å². The van der Waals surface area contributed by atoms with Crippen molar-refractivity contribution in [3.63, 3.8) is 0 Å². The lowest BCUT2D eigenvalue weighted by Crippen LogP contribution is -2.41. The molecule has 0 fully saturated rings. The summed E-state index contributed by atoms with van der Waals surface area (Å²) in [4.78, 5) is 24.8. The average molecular weight is 325 g/mol. The summed E-state index contributed by atoms with van der Waals surface area (Å²) in [5.74, 6) is 0.0379. The summed E-state index contributed by atoms with van der Waals surface area (Å²) in [6, 6.07) is 16.0. The van der Waals surface area contributed by atoms with Crippen LogP contribution in [0.4, 0.5) is 4.79 Å². The summed E-state index contributed by atoms with van der Waals surface area (Å²) in [7, 11) is 0. The summed E-state index contributed by atoms with van der Waals surface area (Å²) in [6.45, 7) is 2.22. The first-order valence-electron chi connectivity index (χ1n) is 7.95. The molecule has 1 aliphatic heterocycles. The summed E-state index contributed by atoms with van der Waals surface area (Å²) in [5, 5.41) is 2.80. The van der Waals surface area contributed by atoms with Crippen molar-refractivity contribution < 1.29 is 19.1 Å². The number of para-hydroxylation sites is 1. The third kappa shape index (κ3) is 3.25. The van der Waals surface area contributed by atoms with E-state index in [1.807, 2.05) is 36.4 Å². The van der Waals surface area contributed by atoms with Gasteiger partial charge >= 0.3 is 6.09 Å². The molecule has 5 nitrogen and oxygen atoms in total. The highest BCUT2D eigenvalue weighted by molar-refractivity contribution is 6.02. The number of ketones is 1. The number of nitrogens with one attached hydrogen (secondary N) is 1. The Labute approximate surface area is 140 Å². The standard InChI is InChI=1S/C19H19NO4/c1-2-23-19(22)20-17(13-8-4-3-5-9-13)15-12-24-16-11-7-6-10-14(16)18(15)21/h3-11,15,17H,2,12H2,1H3,(H,20,22). The number of rotatable bonds is 4. The minimum Gasteiger partial charge on any atom is -0.492 e. The maximum absolute atomic E-state index is 12.9. The van der Waals surface area contributed by atoms with E-state index in [4.69, 9.17) is 9.47 Å². The van der Waals surface area contributed by atoms with Crippen molar-refractivity contribution in [3.05, 3.63) is 65.7 Å². The Morgan fingerprint density at radius 2 is 1.92 bits per heavy atom. The molecule has 2 aromatic rings. The molecule has 0 spiro atoms. The van der Waals surface area contributed by atoms with Crippen LogP contribution in [0.2, 0.25) is 0 Å². The van der Waals surface area contributed by atoms with Crippen LogP contribution >= 0.6 is 0 Å². The number of amides is 1. The normalized spacial score (nSPS) is 17.4. The van der Waals surface area contributed by atoms with Crippen LogP contribution in [0.1, 0.15) is 28.9 Å². The van der Waals surface area contributed by atoms with Gasteiger partial charge in [0.25, 0.3) is 0 Å². The molecule has 124 valence electrons. The van der Waals surface area contributed by atoms with Gasteiger partial charge in [0.1, 0.15) is 12.4 Å². The maximum Gasteiger partial charge on any atom is 0.407 e. The van der Waals surface area contributed by atoms with Crippen LogP contribution < -0.4 is 10.1 Å². The van der Waals surface area contributed by atoms with Gasteiger partial charge in [0.2, 0.25) is 0 Å². The Hall–Kier alpha value is -2.82. The highest BCUT2D eigenvalue weighted by Crippen LogP contribution is 2.33. The molecular formula is C19H19NO4. The van der Waals surface area contributed by atoms with Crippen LogP contribution in [0.25, 0.3) is 0 Å². The van der Waals surface area contributed by atoms with Crippen LogP contribution in [0, 0.1) is 5.92 Å². The maximum atomic E-state index is 12.9. The molecule has 0 saturated carbocycles. The molecule has 1 amide bonds. The second kappa shape index (κ2) is 7.17. The number of hydrogen-bond donors (Lipinski definition) is 1. The third-order valence-electron chi connectivity index (χ3n) is 4.02. The number of carbonyl (C=O) groups is 2. The molecule has 24 heavy (non-hydrogen) atoms. The van der Waals surface area contributed by atoms with Crippen molar-refractivity contribution in [2.75, 3.05) is 13.2 Å². The number of carbonyl (C=O) groups excluding carboxylic acids is 2. The molecule has 1 heterocycles. The molecule has 1 aliphatic rings. The number of ether oxygens (including phenoxy) is 2. The summed E-state index contributed by atoms with van der Waals surface area (Å²) >= 11 is 0. The van der Waals surface area contributed by atoms with Gasteiger partial charge < -0.3 is 14.8 Å². The molecule has 0 aliphatic carbocycles. The molecule has 0 saturated heterocycles. The fourth-order valence-electron chi connectivity index (χ4n) is 2.87. The van der Waals surface area contributed by atoms with Crippen molar-refractivity contribution >= 4 is 11.9 Å². The first-order chi connectivity index (χ1) is 11.7. The van der Waals surface area contributed by atoms with Gasteiger partial charge in [0.15, 0.2) is 5.78 Å². The van der Waals surface area contributed by atoms with Gasteiger partial charge in [-0.05, 0) is 24.6 Å². The summed E-state index contributed by atoms with van der Waals surface area (Å²) in [5.41, 5.74) is 1.38. The van der Waals surface area contributed by atoms with Gasteiger partial charge in [-0.25, -0.2) is 4.79 Å². The number of benzene rings is 2. The van der Waals surface area contributed by atoms with E-state index in [-0.39, 0.29) is 19.0 Å². The number of fused-ring (bicyclic) bond motifs is 1. The lowest BCUT2D eigenvalue weighted by Gasteiger charge is -2.31. The molecule has 0 radical (unpaired) electrons. The minimum absolute atomic E-state index is 0.0394. The Morgan fingerprint density at radius 3 is 2.67 bits per heavy atom.